The zero-order chi connectivity index (χ0) is 32.2. The molecule has 1 saturated heterocycles. The van der Waals surface area contributed by atoms with Crippen LogP contribution in [0.25, 0.3) is 6.08 Å². The van der Waals surface area contributed by atoms with Gasteiger partial charge in [-0.2, -0.15) is 13.2 Å². The third-order valence-corrected chi connectivity index (χ3v) is 7.73. The number of nitrogens with two attached hydrogens (primary N) is 2. The van der Waals surface area contributed by atoms with Gasteiger partial charge in [0, 0.05) is 44.2 Å². The molecule has 6 N–H and O–H groups in total. The zero-order valence-electron chi connectivity index (χ0n) is 24.9. The van der Waals surface area contributed by atoms with E-state index >= 15 is 0 Å². The van der Waals surface area contributed by atoms with Gasteiger partial charge in [-0.25, -0.2) is 0 Å². The number of hydrogen-bond donors (Lipinski definition) is 4. The van der Waals surface area contributed by atoms with Crippen molar-refractivity contribution in [1.29, 1.82) is 0 Å². The van der Waals surface area contributed by atoms with Crippen molar-refractivity contribution in [1.82, 2.24) is 15.5 Å². The number of alkyl halides is 3. The van der Waals surface area contributed by atoms with Gasteiger partial charge in [-0.05, 0) is 54.2 Å². The molecule has 0 bridgehead atoms. The van der Waals surface area contributed by atoms with Crippen molar-refractivity contribution in [2.45, 2.75) is 43.4 Å². The van der Waals surface area contributed by atoms with Crippen molar-refractivity contribution >= 4 is 23.8 Å². The Balaban J connectivity index is 1.44. The second-order valence-electron chi connectivity index (χ2n) is 11.0. The van der Waals surface area contributed by atoms with E-state index in [2.05, 4.69) is 39.9 Å². The number of aliphatic imine (C=N–C) groups is 1. The van der Waals surface area contributed by atoms with Gasteiger partial charge < -0.3 is 27.0 Å². The van der Waals surface area contributed by atoms with Gasteiger partial charge in [0.05, 0.1) is 11.6 Å². The van der Waals surface area contributed by atoms with E-state index in [0.29, 0.717) is 44.5 Å². The third-order valence-electron chi connectivity index (χ3n) is 7.73. The number of carbonyl (C=O) groups excluding carboxylic acids is 2. The Hall–Kier alpha value is -4.64. The number of hydrogen-bond acceptors (Lipinski definition) is 4. The van der Waals surface area contributed by atoms with Gasteiger partial charge in [0.25, 0.3) is 0 Å². The molecule has 0 aromatic heterocycles. The van der Waals surface area contributed by atoms with Crippen molar-refractivity contribution in [2.24, 2.45) is 16.5 Å². The lowest BCUT2D eigenvalue weighted by molar-refractivity contribution is -0.137. The Morgan fingerprint density at radius 2 is 1.62 bits per heavy atom. The fraction of sp³-hybridized carbons (Fsp3) is 0.324. The van der Waals surface area contributed by atoms with Gasteiger partial charge in [0.1, 0.15) is 0 Å². The van der Waals surface area contributed by atoms with Crippen molar-refractivity contribution in [2.75, 3.05) is 26.2 Å². The fourth-order valence-corrected chi connectivity index (χ4v) is 5.37. The van der Waals surface area contributed by atoms with Crippen LogP contribution < -0.4 is 22.1 Å². The summed E-state index contributed by atoms with van der Waals surface area (Å²) in [6.45, 7) is 1.64. The molecule has 3 aromatic rings. The van der Waals surface area contributed by atoms with E-state index in [-0.39, 0.29) is 36.3 Å². The predicted octanol–water partition coefficient (Wildman–Crippen LogP) is 4.28. The number of rotatable bonds is 12. The van der Waals surface area contributed by atoms with Crippen LogP contribution in [0, 0.1) is 0 Å². The van der Waals surface area contributed by atoms with Crippen LogP contribution in [0.15, 0.2) is 96.0 Å². The van der Waals surface area contributed by atoms with Crippen LogP contribution in [0.4, 0.5) is 13.2 Å². The van der Waals surface area contributed by atoms with Crippen LogP contribution >= 0.6 is 0 Å². The molecule has 0 spiro atoms. The van der Waals surface area contributed by atoms with Crippen LogP contribution in [0.3, 0.4) is 0 Å². The number of halogens is 3. The molecule has 0 saturated carbocycles. The average Bonchev–Trinajstić information content (AvgIpc) is 3.18. The highest BCUT2D eigenvalue weighted by Crippen LogP contribution is 2.29. The standard InChI is InChI=1S/C34H39F3N6O2/c35-34(36,37)27-16-13-24(14-17-27)15-18-31(44)41-22-28-19-21-43(32(45)30(42-28)12-7-20-40-33(38)39)23-29(25-8-3-1-4-9-25)26-10-5-2-6-11-26/h1-6,8-11,13-18,28-30,42H,7,12,19-23H2,(H,41,44)(H4,38,39,40)/b18-15+/t28?,30-/m0/s1. The summed E-state index contributed by atoms with van der Waals surface area (Å²) in [6.07, 6.45) is 0.0237. The molecule has 1 heterocycles. The Morgan fingerprint density at radius 3 is 2.20 bits per heavy atom. The Morgan fingerprint density at radius 1 is 1.00 bits per heavy atom. The lowest BCUT2D eigenvalue weighted by atomic mass is 9.90. The minimum Gasteiger partial charge on any atom is -0.370 e. The minimum absolute atomic E-state index is 0.00437. The molecule has 1 unspecified atom stereocenters. The Kier molecular flexibility index (Phi) is 11.7. The molecule has 0 aliphatic carbocycles. The van der Waals surface area contributed by atoms with E-state index in [0.717, 1.165) is 23.3 Å². The van der Waals surface area contributed by atoms with Crippen LogP contribution in [-0.2, 0) is 15.8 Å². The molecule has 1 aliphatic heterocycles. The predicted molar refractivity (Wildman–Crippen MR) is 170 cm³/mol. The molecule has 8 nitrogen and oxygen atoms in total. The van der Waals surface area contributed by atoms with Crippen molar-refractivity contribution < 1.29 is 22.8 Å². The first-order valence-electron chi connectivity index (χ1n) is 14.9. The molecule has 4 rings (SSSR count). The smallest absolute Gasteiger partial charge is 0.370 e. The second kappa shape index (κ2) is 15.9. The summed E-state index contributed by atoms with van der Waals surface area (Å²) in [5.41, 5.74) is 12.9. The topological polar surface area (TPSA) is 126 Å². The molecular formula is C34H39F3N6O2. The molecule has 3 aromatic carbocycles. The largest absolute Gasteiger partial charge is 0.416 e. The highest BCUT2D eigenvalue weighted by molar-refractivity contribution is 5.91. The molecule has 238 valence electrons. The van der Waals surface area contributed by atoms with E-state index < -0.39 is 17.8 Å². The molecule has 1 aliphatic rings. The summed E-state index contributed by atoms with van der Waals surface area (Å²) in [5.74, 6) is -0.435. The number of nitrogens with one attached hydrogen (secondary N) is 2. The van der Waals surface area contributed by atoms with Crippen LogP contribution in [0.5, 0.6) is 0 Å². The third kappa shape index (κ3) is 10.2. The zero-order valence-corrected chi connectivity index (χ0v) is 24.9. The van der Waals surface area contributed by atoms with Crippen LogP contribution in [-0.4, -0.2) is 60.9 Å². The van der Waals surface area contributed by atoms with Crippen LogP contribution in [0.1, 0.15) is 47.4 Å². The Bertz CT molecular complexity index is 1400. The summed E-state index contributed by atoms with van der Waals surface area (Å²) in [7, 11) is 0. The number of guanidine groups is 1. The first-order chi connectivity index (χ1) is 21.6. The summed E-state index contributed by atoms with van der Waals surface area (Å²) < 4.78 is 38.5. The normalized spacial score (nSPS) is 17.3. The van der Waals surface area contributed by atoms with Crippen molar-refractivity contribution in [3.63, 3.8) is 0 Å². The fourth-order valence-electron chi connectivity index (χ4n) is 5.37. The summed E-state index contributed by atoms with van der Waals surface area (Å²) in [5, 5.41) is 6.30. The number of benzene rings is 3. The molecule has 0 radical (unpaired) electrons. The molecule has 2 atom stereocenters. The van der Waals surface area contributed by atoms with E-state index in [4.69, 9.17) is 11.5 Å². The molecule has 1 fully saturated rings. The van der Waals surface area contributed by atoms with E-state index in [1.54, 1.807) is 0 Å². The lowest BCUT2D eigenvalue weighted by Gasteiger charge is -2.29. The Labute approximate surface area is 261 Å². The lowest BCUT2D eigenvalue weighted by Crippen LogP contribution is -2.49. The monoisotopic (exact) mass is 620 g/mol. The SMILES string of the molecule is NC(N)=NCCC[C@@H]1NC(CNC(=O)/C=C/c2ccc(C(F)(F)F)cc2)CCN(CC(c2ccccc2)c2ccccc2)C1=O. The van der Waals surface area contributed by atoms with Gasteiger partial charge in [0.2, 0.25) is 11.8 Å². The van der Waals surface area contributed by atoms with Gasteiger partial charge in [0.15, 0.2) is 5.96 Å². The maximum Gasteiger partial charge on any atom is 0.416 e. The number of amides is 2. The van der Waals surface area contributed by atoms with Gasteiger partial charge in [-0.1, -0.05) is 72.8 Å². The first-order valence-corrected chi connectivity index (χ1v) is 14.9. The number of nitrogens with zero attached hydrogens (tertiary/aromatic N) is 2. The van der Waals surface area contributed by atoms with Gasteiger partial charge in [-0.15, -0.1) is 0 Å². The summed E-state index contributed by atoms with van der Waals surface area (Å²) in [6, 6.07) is 24.1. The maximum atomic E-state index is 13.9. The van der Waals surface area contributed by atoms with E-state index in [1.807, 2.05) is 41.3 Å². The summed E-state index contributed by atoms with van der Waals surface area (Å²) >= 11 is 0. The van der Waals surface area contributed by atoms with Crippen LogP contribution in [0.2, 0.25) is 0 Å². The minimum atomic E-state index is -4.42. The average molecular weight is 621 g/mol. The molecule has 2 amide bonds. The highest BCUT2D eigenvalue weighted by Gasteiger charge is 2.33. The molecule has 11 heteroatoms. The molecular weight excluding hydrogens is 581 g/mol. The second-order valence-corrected chi connectivity index (χ2v) is 11.0. The van der Waals surface area contributed by atoms with E-state index in [9.17, 15) is 22.8 Å². The number of carbonyl (C=O) groups is 2. The van der Waals surface area contributed by atoms with E-state index in [1.165, 1.54) is 24.3 Å². The van der Waals surface area contributed by atoms with Crippen molar-refractivity contribution in [3.8, 4) is 0 Å². The molecule has 45 heavy (non-hydrogen) atoms. The van der Waals surface area contributed by atoms with Crippen molar-refractivity contribution in [3.05, 3.63) is 113 Å². The highest BCUT2D eigenvalue weighted by atomic mass is 19.4. The maximum absolute atomic E-state index is 13.9. The quantitative estimate of drug-likeness (QED) is 0.104. The first kappa shape index (κ1) is 33.3. The van der Waals surface area contributed by atoms with Gasteiger partial charge >= 0.3 is 6.18 Å². The van der Waals surface area contributed by atoms with Gasteiger partial charge in [-0.3, -0.25) is 14.6 Å². The summed E-state index contributed by atoms with van der Waals surface area (Å²) in [4.78, 5) is 32.4.